The summed E-state index contributed by atoms with van der Waals surface area (Å²) in [4.78, 5) is 26.7. The third-order valence-corrected chi connectivity index (χ3v) is 4.89. The van der Waals surface area contributed by atoms with E-state index in [1.807, 2.05) is 19.9 Å². The number of aliphatic hydroxyl groups is 1. The molecule has 1 amide bonds. The van der Waals surface area contributed by atoms with Crippen LogP contribution in [0.5, 0.6) is 0 Å². The number of benzene rings is 1. The van der Waals surface area contributed by atoms with Crippen molar-refractivity contribution in [2.45, 2.75) is 26.8 Å². The van der Waals surface area contributed by atoms with Crippen LogP contribution in [0.15, 0.2) is 40.3 Å². The Balaban J connectivity index is 2.16. The van der Waals surface area contributed by atoms with Crippen LogP contribution in [-0.4, -0.2) is 42.0 Å². The monoisotopic (exact) mass is 369 g/mol. The van der Waals surface area contributed by atoms with Gasteiger partial charge >= 0.3 is 0 Å². The summed E-state index contributed by atoms with van der Waals surface area (Å²) in [6, 6.07) is 8.12. The molecular formula is C21H23NO5. The van der Waals surface area contributed by atoms with E-state index >= 15 is 0 Å². The fraction of sp³-hybridized carbons (Fsp3) is 0.333. The molecule has 1 aromatic heterocycles. The van der Waals surface area contributed by atoms with Crippen molar-refractivity contribution in [3.05, 3.63) is 64.1 Å². The predicted octanol–water partition coefficient (Wildman–Crippen LogP) is 3.27. The Morgan fingerprint density at radius 2 is 1.89 bits per heavy atom. The number of Topliss-reactive ketones (excluding diaryl/α,β-unsaturated/α-hetero) is 1. The van der Waals surface area contributed by atoms with Crippen molar-refractivity contribution in [2.75, 3.05) is 20.3 Å². The second-order valence-electron chi connectivity index (χ2n) is 6.73. The van der Waals surface area contributed by atoms with E-state index in [9.17, 15) is 14.7 Å². The summed E-state index contributed by atoms with van der Waals surface area (Å²) >= 11 is 0. The lowest BCUT2D eigenvalue weighted by Gasteiger charge is -2.22. The molecular weight excluding hydrogens is 346 g/mol. The molecule has 142 valence electrons. The van der Waals surface area contributed by atoms with Crippen molar-refractivity contribution in [3.63, 3.8) is 0 Å². The van der Waals surface area contributed by atoms with Crippen molar-refractivity contribution < 1.29 is 23.8 Å². The average Bonchev–Trinajstić information content (AvgIpc) is 3.17. The number of nitrogens with zero attached hydrogens (tertiary/aromatic N) is 1. The molecule has 0 saturated carbocycles. The number of furan rings is 1. The van der Waals surface area contributed by atoms with E-state index in [2.05, 4.69) is 0 Å². The van der Waals surface area contributed by atoms with E-state index in [-0.39, 0.29) is 24.5 Å². The van der Waals surface area contributed by atoms with Gasteiger partial charge in [-0.3, -0.25) is 9.59 Å². The van der Waals surface area contributed by atoms with Crippen LogP contribution in [0.25, 0.3) is 5.76 Å². The minimum Gasteiger partial charge on any atom is -0.507 e. The number of hydrogen-bond donors (Lipinski definition) is 1. The van der Waals surface area contributed by atoms with Gasteiger partial charge in [0.1, 0.15) is 23.3 Å². The number of ketones is 1. The van der Waals surface area contributed by atoms with E-state index in [1.165, 1.54) is 12.0 Å². The summed E-state index contributed by atoms with van der Waals surface area (Å²) < 4.78 is 10.8. The number of methoxy groups -OCH3 is 1. The largest absolute Gasteiger partial charge is 0.507 e. The van der Waals surface area contributed by atoms with E-state index in [1.54, 1.807) is 31.2 Å². The second kappa shape index (κ2) is 7.40. The summed E-state index contributed by atoms with van der Waals surface area (Å²) in [5.41, 5.74) is 2.59. The van der Waals surface area contributed by atoms with Gasteiger partial charge in [-0.15, -0.1) is 0 Å². The second-order valence-corrected chi connectivity index (χ2v) is 6.73. The Hall–Kier alpha value is -2.86. The number of aliphatic hydroxyl groups excluding tert-OH is 1. The fourth-order valence-corrected chi connectivity index (χ4v) is 3.24. The summed E-state index contributed by atoms with van der Waals surface area (Å²) in [6.07, 6.45) is 0. The van der Waals surface area contributed by atoms with Crippen molar-refractivity contribution in [3.8, 4) is 0 Å². The van der Waals surface area contributed by atoms with Crippen LogP contribution in [0.1, 0.15) is 34.3 Å². The van der Waals surface area contributed by atoms with E-state index < -0.39 is 17.7 Å². The molecule has 3 rings (SSSR count). The number of aryl methyl sites for hydroxylation is 3. The van der Waals surface area contributed by atoms with Gasteiger partial charge in [-0.2, -0.15) is 0 Å². The van der Waals surface area contributed by atoms with Gasteiger partial charge in [0.05, 0.1) is 12.2 Å². The average molecular weight is 369 g/mol. The molecule has 2 aromatic rings. The Kier molecular flexibility index (Phi) is 5.19. The lowest BCUT2D eigenvalue weighted by molar-refractivity contribution is -0.140. The van der Waals surface area contributed by atoms with Gasteiger partial charge < -0.3 is 19.2 Å². The van der Waals surface area contributed by atoms with Gasteiger partial charge in [0, 0.05) is 19.2 Å². The van der Waals surface area contributed by atoms with Gasteiger partial charge in [-0.1, -0.05) is 12.1 Å². The number of likely N-dealkylation sites (tertiary alicyclic amines) is 1. The maximum Gasteiger partial charge on any atom is 0.295 e. The van der Waals surface area contributed by atoms with Crippen LogP contribution in [0, 0.1) is 20.8 Å². The summed E-state index contributed by atoms with van der Waals surface area (Å²) in [5.74, 6) is -0.491. The van der Waals surface area contributed by atoms with Gasteiger partial charge in [0.15, 0.2) is 0 Å². The molecule has 0 radical (unpaired) electrons. The number of carbonyl (C=O) groups excluding carboxylic acids is 2. The molecule has 1 aliphatic rings. The smallest absolute Gasteiger partial charge is 0.295 e. The van der Waals surface area contributed by atoms with Gasteiger partial charge in [0.2, 0.25) is 0 Å². The molecule has 1 aliphatic heterocycles. The molecule has 2 heterocycles. The Morgan fingerprint density at radius 3 is 2.48 bits per heavy atom. The summed E-state index contributed by atoms with van der Waals surface area (Å²) in [5, 5.41) is 10.9. The highest BCUT2D eigenvalue weighted by Gasteiger charge is 2.47. The van der Waals surface area contributed by atoms with Crippen LogP contribution in [0.4, 0.5) is 0 Å². The molecule has 0 spiro atoms. The van der Waals surface area contributed by atoms with Crippen molar-refractivity contribution in [2.24, 2.45) is 0 Å². The molecule has 1 unspecified atom stereocenters. The molecule has 1 atom stereocenters. The van der Waals surface area contributed by atoms with Crippen molar-refractivity contribution in [1.29, 1.82) is 0 Å². The number of ether oxygens (including phenoxy) is 1. The fourth-order valence-electron chi connectivity index (χ4n) is 3.24. The zero-order valence-corrected chi connectivity index (χ0v) is 15.9. The quantitative estimate of drug-likeness (QED) is 0.497. The van der Waals surface area contributed by atoms with Crippen molar-refractivity contribution in [1.82, 2.24) is 4.90 Å². The van der Waals surface area contributed by atoms with Gasteiger partial charge in [-0.25, -0.2) is 0 Å². The molecule has 0 bridgehead atoms. The maximum absolute atomic E-state index is 12.7. The summed E-state index contributed by atoms with van der Waals surface area (Å²) in [6.45, 7) is 6.17. The molecule has 1 aromatic carbocycles. The molecule has 1 saturated heterocycles. The number of rotatable bonds is 5. The predicted molar refractivity (Wildman–Crippen MR) is 100 cm³/mol. The van der Waals surface area contributed by atoms with E-state index in [0.29, 0.717) is 17.1 Å². The Morgan fingerprint density at radius 1 is 1.15 bits per heavy atom. The standard InChI is InChI=1S/C21H23NO5/c1-12-5-7-15(11-13(12)2)19(23)17-18(16-8-6-14(3)27-16)22(9-10-26-4)21(25)20(17)24/h5-8,11,18,23H,9-10H2,1-4H3/b19-17-. The lowest BCUT2D eigenvalue weighted by atomic mass is 9.97. The highest BCUT2D eigenvalue weighted by Crippen LogP contribution is 2.39. The van der Waals surface area contributed by atoms with Gasteiger partial charge in [0.25, 0.3) is 11.7 Å². The maximum atomic E-state index is 12.7. The third kappa shape index (κ3) is 3.40. The first kappa shape index (κ1) is 18.9. The highest BCUT2D eigenvalue weighted by atomic mass is 16.5. The number of hydrogen-bond acceptors (Lipinski definition) is 5. The number of amides is 1. The molecule has 27 heavy (non-hydrogen) atoms. The number of carbonyl (C=O) groups is 2. The third-order valence-electron chi connectivity index (χ3n) is 4.89. The van der Waals surface area contributed by atoms with Crippen LogP contribution in [0.2, 0.25) is 0 Å². The zero-order chi connectivity index (χ0) is 19.7. The van der Waals surface area contributed by atoms with Crippen LogP contribution in [-0.2, 0) is 14.3 Å². The topological polar surface area (TPSA) is 80.0 Å². The van der Waals surface area contributed by atoms with Crippen LogP contribution < -0.4 is 0 Å². The first-order chi connectivity index (χ1) is 12.8. The first-order valence-electron chi connectivity index (χ1n) is 8.76. The van der Waals surface area contributed by atoms with E-state index in [0.717, 1.165) is 11.1 Å². The Bertz CT molecular complexity index is 924. The lowest BCUT2D eigenvalue weighted by Crippen LogP contribution is -2.32. The van der Waals surface area contributed by atoms with Gasteiger partial charge in [-0.05, 0) is 50.1 Å². The van der Waals surface area contributed by atoms with E-state index in [4.69, 9.17) is 9.15 Å². The molecule has 0 aliphatic carbocycles. The minimum atomic E-state index is -0.782. The first-order valence-corrected chi connectivity index (χ1v) is 8.76. The SMILES string of the molecule is COCCN1C(=O)C(=O)/C(=C(\O)c2ccc(C)c(C)c2)C1c1ccc(C)o1. The minimum absolute atomic E-state index is 0.0358. The molecule has 6 nitrogen and oxygen atoms in total. The zero-order valence-electron chi connectivity index (χ0n) is 15.9. The molecule has 6 heteroatoms. The Labute approximate surface area is 158 Å². The van der Waals surface area contributed by atoms with Crippen molar-refractivity contribution >= 4 is 17.4 Å². The molecule has 1 N–H and O–H groups in total. The van der Waals surface area contributed by atoms with Crippen LogP contribution >= 0.6 is 0 Å². The normalized spacial score (nSPS) is 19.1. The highest BCUT2D eigenvalue weighted by molar-refractivity contribution is 6.46. The van der Waals surface area contributed by atoms with Crippen LogP contribution in [0.3, 0.4) is 0 Å². The molecule has 1 fully saturated rings. The summed E-state index contributed by atoms with van der Waals surface area (Å²) in [7, 11) is 1.53.